The quantitative estimate of drug-likeness (QED) is 0.885. The topological polar surface area (TPSA) is 43.7 Å². The minimum Gasteiger partial charge on any atom is -0.508 e. The first-order chi connectivity index (χ1) is 9.63. The van der Waals surface area contributed by atoms with E-state index in [9.17, 15) is 10.2 Å². The highest BCUT2D eigenvalue weighted by molar-refractivity contribution is 9.10. The second kappa shape index (κ2) is 5.72. The van der Waals surface area contributed by atoms with Crippen LogP contribution in [-0.2, 0) is 6.54 Å². The van der Waals surface area contributed by atoms with Crippen LogP contribution in [0.4, 0.5) is 0 Å². The van der Waals surface area contributed by atoms with Gasteiger partial charge in [0.25, 0.3) is 0 Å². The lowest BCUT2D eigenvalue weighted by Gasteiger charge is -2.30. The molecular formula is C16H18BrNO2. The molecule has 0 spiro atoms. The van der Waals surface area contributed by atoms with Gasteiger partial charge in [0.1, 0.15) is 5.75 Å². The largest absolute Gasteiger partial charge is 0.508 e. The fraction of sp³-hybridized carbons (Fsp3) is 0.375. The van der Waals surface area contributed by atoms with Crippen LogP contribution in [0.2, 0.25) is 0 Å². The zero-order chi connectivity index (χ0) is 14.1. The normalized spacial score (nSPS) is 17.7. The molecular weight excluding hydrogens is 318 g/mol. The molecule has 0 atom stereocenters. The molecule has 106 valence electrons. The molecule has 1 aliphatic rings. The summed E-state index contributed by atoms with van der Waals surface area (Å²) in [5.74, 6) is 0.353. The van der Waals surface area contributed by atoms with E-state index in [4.69, 9.17) is 0 Å². The lowest BCUT2D eigenvalue weighted by atomic mass is 10.0. The summed E-state index contributed by atoms with van der Waals surface area (Å²) in [5.41, 5.74) is 0.978. The van der Waals surface area contributed by atoms with E-state index in [1.165, 1.54) is 0 Å². The van der Waals surface area contributed by atoms with E-state index in [1.807, 2.05) is 18.2 Å². The number of likely N-dealkylation sites (tertiary alicyclic amines) is 1. The predicted molar refractivity (Wildman–Crippen MR) is 83.8 cm³/mol. The highest BCUT2D eigenvalue weighted by atomic mass is 79.9. The predicted octanol–water partition coefficient (Wildman–Crippen LogP) is 3.26. The Hall–Kier alpha value is -1.10. The third kappa shape index (κ3) is 2.82. The van der Waals surface area contributed by atoms with Gasteiger partial charge in [-0.3, -0.25) is 4.90 Å². The summed E-state index contributed by atoms with van der Waals surface area (Å²) in [7, 11) is 0. The van der Waals surface area contributed by atoms with Crippen molar-refractivity contribution in [3.05, 3.63) is 40.4 Å². The second-order valence-electron chi connectivity index (χ2n) is 5.44. The van der Waals surface area contributed by atoms with Gasteiger partial charge < -0.3 is 10.2 Å². The number of fused-ring (bicyclic) bond motifs is 1. The Balaban J connectivity index is 1.92. The maximum atomic E-state index is 10.2. The van der Waals surface area contributed by atoms with Gasteiger partial charge in [-0.25, -0.2) is 0 Å². The second-order valence-corrected chi connectivity index (χ2v) is 6.35. The first-order valence-electron chi connectivity index (χ1n) is 6.94. The molecule has 20 heavy (non-hydrogen) atoms. The maximum absolute atomic E-state index is 10.2. The summed E-state index contributed by atoms with van der Waals surface area (Å²) in [6.45, 7) is 2.50. The average Bonchev–Trinajstić information content (AvgIpc) is 2.44. The molecule has 1 fully saturated rings. The van der Waals surface area contributed by atoms with E-state index in [1.54, 1.807) is 6.07 Å². The number of halogens is 1. The van der Waals surface area contributed by atoms with Crippen molar-refractivity contribution in [2.24, 2.45) is 0 Å². The first kappa shape index (κ1) is 13.9. The third-order valence-corrected chi connectivity index (χ3v) is 4.50. The smallest absolute Gasteiger partial charge is 0.120 e. The van der Waals surface area contributed by atoms with Gasteiger partial charge in [0.05, 0.1) is 6.10 Å². The average molecular weight is 336 g/mol. The number of rotatable bonds is 2. The molecule has 3 nitrogen and oxygen atoms in total. The Morgan fingerprint density at radius 1 is 1.15 bits per heavy atom. The van der Waals surface area contributed by atoms with Crippen molar-refractivity contribution >= 4 is 26.7 Å². The summed E-state index contributed by atoms with van der Waals surface area (Å²) in [6, 6.07) is 9.83. The molecule has 0 radical (unpaired) electrons. The van der Waals surface area contributed by atoms with E-state index in [2.05, 4.69) is 26.9 Å². The van der Waals surface area contributed by atoms with Crippen LogP contribution in [0, 0.1) is 0 Å². The van der Waals surface area contributed by atoms with E-state index >= 15 is 0 Å². The van der Waals surface area contributed by atoms with Gasteiger partial charge in [0, 0.05) is 29.7 Å². The number of piperidine rings is 1. The monoisotopic (exact) mass is 335 g/mol. The Morgan fingerprint density at radius 2 is 1.90 bits per heavy atom. The first-order valence-corrected chi connectivity index (χ1v) is 7.73. The highest BCUT2D eigenvalue weighted by Crippen LogP contribution is 2.30. The number of benzene rings is 2. The number of aliphatic hydroxyl groups excluding tert-OH is 1. The minimum atomic E-state index is -0.164. The maximum Gasteiger partial charge on any atom is 0.120 e. The number of phenols is 1. The van der Waals surface area contributed by atoms with Crippen molar-refractivity contribution in [2.45, 2.75) is 25.5 Å². The number of phenolic OH excluding ortho intramolecular Hbond substituents is 1. The van der Waals surface area contributed by atoms with E-state index in [-0.39, 0.29) is 6.10 Å². The van der Waals surface area contributed by atoms with Crippen LogP contribution in [0.1, 0.15) is 18.4 Å². The van der Waals surface area contributed by atoms with Crippen LogP contribution in [0.3, 0.4) is 0 Å². The van der Waals surface area contributed by atoms with E-state index in [0.717, 1.165) is 53.3 Å². The van der Waals surface area contributed by atoms with Gasteiger partial charge in [-0.2, -0.15) is 0 Å². The molecule has 0 amide bonds. The molecule has 0 bridgehead atoms. The van der Waals surface area contributed by atoms with Gasteiger partial charge in [0.15, 0.2) is 0 Å². The molecule has 2 N–H and O–H groups in total. The standard InChI is InChI=1S/C16H18BrNO2/c17-12-2-3-14-11(9-12)1-4-16(20)15(14)10-18-7-5-13(19)6-8-18/h1-4,9,13,19-20H,5-8,10H2. The molecule has 0 unspecified atom stereocenters. The van der Waals surface area contributed by atoms with Gasteiger partial charge >= 0.3 is 0 Å². The summed E-state index contributed by atoms with van der Waals surface area (Å²) in [5, 5.41) is 22.0. The Labute approximate surface area is 127 Å². The molecule has 1 saturated heterocycles. The third-order valence-electron chi connectivity index (χ3n) is 4.01. The Morgan fingerprint density at radius 3 is 2.65 bits per heavy atom. The zero-order valence-electron chi connectivity index (χ0n) is 11.2. The van der Waals surface area contributed by atoms with Crippen LogP contribution >= 0.6 is 15.9 Å². The van der Waals surface area contributed by atoms with E-state index < -0.39 is 0 Å². The van der Waals surface area contributed by atoms with Crippen molar-refractivity contribution in [3.8, 4) is 5.75 Å². The minimum absolute atomic E-state index is 0.164. The van der Waals surface area contributed by atoms with Gasteiger partial charge in [-0.1, -0.05) is 28.1 Å². The number of hydrogen-bond donors (Lipinski definition) is 2. The zero-order valence-corrected chi connectivity index (χ0v) is 12.8. The van der Waals surface area contributed by atoms with Crippen LogP contribution in [0.5, 0.6) is 5.75 Å². The van der Waals surface area contributed by atoms with Gasteiger partial charge in [-0.05, 0) is 41.8 Å². The van der Waals surface area contributed by atoms with Crippen molar-refractivity contribution in [1.29, 1.82) is 0 Å². The number of aliphatic hydroxyl groups is 1. The van der Waals surface area contributed by atoms with Crippen molar-refractivity contribution < 1.29 is 10.2 Å². The molecule has 3 rings (SSSR count). The summed E-state index contributed by atoms with van der Waals surface area (Å²) < 4.78 is 1.04. The lowest BCUT2D eigenvalue weighted by Crippen LogP contribution is -2.35. The molecule has 1 aliphatic heterocycles. The van der Waals surface area contributed by atoms with Gasteiger partial charge in [-0.15, -0.1) is 0 Å². The fourth-order valence-electron chi connectivity index (χ4n) is 2.82. The molecule has 2 aromatic rings. The fourth-order valence-corrected chi connectivity index (χ4v) is 3.20. The van der Waals surface area contributed by atoms with Crippen molar-refractivity contribution in [3.63, 3.8) is 0 Å². The molecule has 1 heterocycles. The number of hydrogen-bond acceptors (Lipinski definition) is 3. The number of nitrogens with zero attached hydrogens (tertiary/aromatic N) is 1. The Bertz CT molecular complexity index is 621. The van der Waals surface area contributed by atoms with E-state index in [0.29, 0.717) is 5.75 Å². The molecule has 4 heteroatoms. The SMILES string of the molecule is Oc1ccc2cc(Br)ccc2c1CN1CCC(O)CC1. The van der Waals surface area contributed by atoms with Crippen LogP contribution in [-0.4, -0.2) is 34.3 Å². The summed E-state index contributed by atoms with van der Waals surface area (Å²) in [4.78, 5) is 2.29. The molecule has 0 aliphatic carbocycles. The summed E-state index contributed by atoms with van der Waals surface area (Å²) >= 11 is 3.48. The number of aromatic hydroxyl groups is 1. The van der Waals surface area contributed by atoms with Crippen LogP contribution in [0.15, 0.2) is 34.8 Å². The molecule has 0 aromatic heterocycles. The van der Waals surface area contributed by atoms with Gasteiger partial charge in [0.2, 0.25) is 0 Å². The van der Waals surface area contributed by atoms with Crippen LogP contribution in [0.25, 0.3) is 10.8 Å². The van der Waals surface area contributed by atoms with Crippen molar-refractivity contribution in [2.75, 3.05) is 13.1 Å². The molecule has 0 saturated carbocycles. The lowest BCUT2D eigenvalue weighted by molar-refractivity contribution is 0.0791. The Kier molecular flexibility index (Phi) is 3.96. The highest BCUT2D eigenvalue weighted by Gasteiger charge is 2.19. The van der Waals surface area contributed by atoms with Crippen molar-refractivity contribution in [1.82, 2.24) is 4.90 Å². The summed E-state index contributed by atoms with van der Waals surface area (Å²) in [6.07, 6.45) is 1.47. The van der Waals surface area contributed by atoms with Crippen LogP contribution < -0.4 is 0 Å². The molecule has 2 aromatic carbocycles.